The van der Waals surface area contributed by atoms with Gasteiger partial charge in [-0.3, -0.25) is 0 Å². The summed E-state index contributed by atoms with van der Waals surface area (Å²) in [7, 11) is 0. The largest absolute Gasteiger partial charge is 0.490 e. The molecule has 0 spiro atoms. The van der Waals surface area contributed by atoms with Crippen molar-refractivity contribution in [2.45, 2.75) is 25.0 Å². The predicted molar refractivity (Wildman–Crippen MR) is 83.3 cm³/mol. The lowest BCUT2D eigenvalue weighted by Crippen LogP contribution is -2.02. The molecule has 0 aromatic heterocycles. The van der Waals surface area contributed by atoms with Crippen LogP contribution in [-0.4, -0.2) is 11.2 Å². The van der Waals surface area contributed by atoms with Gasteiger partial charge in [0.1, 0.15) is 11.9 Å². The van der Waals surface area contributed by atoms with Crippen LogP contribution < -0.4 is 4.74 Å². The van der Waals surface area contributed by atoms with Gasteiger partial charge in [-0.2, -0.15) is 0 Å². The van der Waals surface area contributed by atoms with E-state index in [1.807, 2.05) is 48.5 Å². The lowest BCUT2D eigenvalue weighted by Gasteiger charge is -2.14. The zero-order valence-corrected chi connectivity index (χ0v) is 12.6. The van der Waals surface area contributed by atoms with Crippen LogP contribution in [-0.2, 0) is 0 Å². The molecule has 3 heteroatoms. The highest BCUT2D eigenvalue weighted by Gasteiger charge is 2.23. The van der Waals surface area contributed by atoms with Crippen LogP contribution in [0.5, 0.6) is 5.75 Å². The van der Waals surface area contributed by atoms with Crippen molar-refractivity contribution >= 4 is 22.6 Å². The molecular formula is C16H15IO2. The van der Waals surface area contributed by atoms with Crippen molar-refractivity contribution in [2.75, 3.05) is 0 Å². The molecule has 2 aromatic carbocycles. The second-order valence-electron chi connectivity index (χ2n) is 4.81. The second kappa shape index (κ2) is 5.51. The Bertz CT molecular complexity index is 561. The summed E-state index contributed by atoms with van der Waals surface area (Å²) in [6.45, 7) is 0. The zero-order chi connectivity index (χ0) is 13.2. The summed E-state index contributed by atoms with van der Waals surface area (Å²) in [6.07, 6.45) is 2.15. The lowest BCUT2D eigenvalue weighted by atomic mass is 10.0. The molecule has 1 unspecified atom stereocenters. The molecule has 1 aliphatic carbocycles. The van der Waals surface area contributed by atoms with Crippen LogP contribution in [0.3, 0.4) is 0 Å². The maximum absolute atomic E-state index is 10.4. The Hall–Kier alpha value is -1.07. The number of benzene rings is 2. The number of aliphatic hydroxyl groups excluding tert-OH is 1. The van der Waals surface area contributed by atoms with Crippen LogP contribution in [0.25, 0.3) is 0 Å². The van der Waals surface area contributed by atoms with Gasteiger partial charge in [-0.05, 0) is 64.8 Å². The fraction of sp³-hybridized carbons (Fsp3) is 0.250. The fourth-order valence-electron chi connectivity index (χ4n) is 1.98. The lowest BCUT2D eigenvalue weighted by molar-refractivity contribution is 0.219. The van der Waals surface area contributed by atoms with Gasteiger partial charge >= 0.3 is 0 Å². The minimum atomic E-state index is -0.580. The molecule has 1 atom stereocenters. The van der Waals surface area contributed by atoms with E-state index in [1.54, 1.807) is 0 Å². The molecule has 0 aliphatic heterocycles. The number of aliphatic hydroxyl groups is 1. The second-order valence-corrected chi connectivity index (χ2v) is 5.97. The van der Waals surface area contributed by atoms with Gasteiger partial charge < -0.3 is 9.84 Å². The van der Waals surface area contributed by atoms with Gasteiger partial charge in [0.05, 0.1) is 6.10 Å². The van der Waals surface area contributed by atoms with E-state index in [4.69, 9.17) is 4.74 Å². The first-order valence-corrected chi connectivity index (χ1v) is 7.51. The predicted octanol–water partition coefficient (Wildman–Crippen LogP) is 3.91. The molecule has 1 fully saturated rings. The molecule has 19 heavy (non-hydrogen) atoms. The van der Waals surface area contributed by atoms with Crippen molar-refractivity contribution < 1.29 is 9.84 Å². The SMILES string of the molecule is OC(c1ccc(OC2CC2)cc1)c1ccccc1I. The Morgan fingerprint density at radius 3 is 2.37 bits per heavy atom. The van der Waals surface area contributed by atoms with Gasteiger partial charge in [0, 0.05) is 3.57 Å². The number of rotatable bonds is 4. The van der Waals surface area contributed by atoms with Gasteiger partial charge in [0.15, 0.2) is 0 Å². The van der Waals surface area contributed by atoms with Crippen LogP contribution in [0.15, 0.2) is 48.5 Å². The highest BCUT2D eigenvalue weighted by Crippen LogP contribution is 2.30. The average molecular weight is 366 g/mol. The smallest absolute Gasteiger partial charge is 0.119 e. The molecule has 0 amide bonds. The number of halogens is 1. The van der Waals surface area contributed by atoms with E-state index in [1.165, 1.54) is 0 Å². The van der Waals surface area contributed by atoms with Crippen molar-refractivity contribution in [2.24, 2.45) is 0 Å². The van der Waals surface area contributed by atoms with Crippen molar-refractivity contribution in [3.63, 3.8) is 0 Å². The van der Waals surface area contributed by atoms with Gasteiger partial charge in [-0.15, -0.1) is 0 Å². The summed E-state index contributed by atoms with van der Waals surface area (Å²) in [4.78, 5) is 0. The van der Waals surface area contributed by atoms with E-state index in [0.29, 0.717) is 6.10 Å². The topological polar surface area (TPSA) is 29.5 Å². The van der Waals surface area contributed by atoms with E-state index in [0.717, 1.165) is 33.3 Å². The summed E-state index contributed by atoms with van der Waals surface area (Å²) < 4.78 is 6.78. The van der Waals surface area contributed by atoms with Crippen LogP contribution in [0.4, 0.5) is 0 Å². The zero-order valence-electron chi connectivity index (χ0n) is 10.4. The van der Waals surface area contributed by atoms with Gasteiger partial charge in [-0.1, -0.05) is 30.3 Å². The molecular weight excluding hydrogens is 351 g/mol. The van der Waals surface area contributed by atoms with Crippen LogP contribution >= 0.6 is 22.6 Å². The van der Waals surface area contributed by atoms with Crippen molar-refractivity contribution in [3.05, 3.63) is 63.2 Å². The standard InChI is InChI=1S/C16H15IO2/c17-15-4-2-1-3-14(15)16(18)11-5-7-12(8-6-11)19-13-9-10-13/h1-8,13,16,18H,9-10H2. The Kier molecular flexibility index (Phi) is 3.75. The van der Waals surface area contributed by atoms with Crippen LogP contribution in [0.2, 0.25) is 0 Å². The number of ether oxygens (including phenoxy) is 1. The summed E-state index contributed by atoms with van der Waals surface area (Å²) in [5, 5.41) is 10.4. The third-order valence-corrected chi connectivity index (χ3v) is 4.21. The normalized spacial score (nSPS) is 16.1. The Morgan fingerprint density at radius 1 is 1.05 bits per heavy atom. The maximum Gasteiger partial charge on any atom is 0.119 e. The monoisotopic (exact) mass is 366 g/mol. The molecule has 1 N–H and O–H groups in total. The molecule has 0 radical (unpaired) electrons. The van der Waals surface area contributed by atoms with E-state index >= 15 is 0 Å². The summed E-state index contributed by atoms with van der Waals surface area (Å²) >= 11 is 2.25. The fourth-order valence-corrected chi connectivity index (χ4v) is 2.67. The van der Waals surface area contributed by atoms with Gasteiger partial charge in [0.25, 0.3) is 0 Å². The Morgan fingerprint density at radius 2 is 1.74 bits per heavy atom. The molecule has 3 rings (SSSR count). The summed E-state index contributed by atoms with van der Waals surface area (Å²) in [5.41, 5.74) is 1.84. The quantitative estimate of drug-likeness (QED) is 0.832. The molecule has 0 heterocycles. The molecule has 0 saturated heterocycles. The van der Waals surface area contributed by atoms with Crippen molar-refractivity contribution in [1.82, 2.24) is 0 Å². The minimum absolute atomic E-state index is 0.408. The van der Waals surface area contributed by atoms with Crippen LogP contribution in [0.1, 0.15) is 30.1 Å². The number of hydrogen-bond acceptors (Lipinski definition) is 2. The molecule has 2 nitrogen and oxygen atoms in total. The van der Waals surface area contributed by atoms with E-state index in [9.17, 15) is 5.11 Å². The average Bonchev–Trinajstić information content (AvgIpc) is 3.23. The highest BCUT2D eigenvalue weighted by atomic mass is 127. The third-order valence-electron chi connectivity index (χ3n) is 3.22. The first kappa shape index (κ1) is 12.9. The minimum Gasteiger partial charge on any atom is -0.490 e. The van der Waals surface area contributed by atoms with Gasteiger partial charge in [0.2, 0.25) is 0 Å². The van der Waals surface area contributed by atoms with E-state index < -0.39 is 6.10 Å². The summed E-state index contributed by atoms with van der Waals surface area (Å²) in [5.74, 6) is 0.890. The molecule has 2 aromatic rings. The molecule has 98 valence electrons. The molecule has 1 aliphatic rings. The Labute approximate surface area is 126 Å². The van der Waals surface area contributed by atoms with Gasteiger partial charge in [-0.25, -0.2) is 0 Å². The Balaban J connectivity index is 1.79. The number of hydrogen-bond donors (Lipinski definition) is 1. The first-order chi connectivity index (χ1) is 9.24. The van der Waals surface area contributed by atoms with Crippen LogP contribution in [0, 0.1) is 3.57 Å². The first-order valence-electron chi connectivity index (χ1n) is 6.43. The van der Waals surface area contributed by atoms with E-state index in [2.05, 4.69) is 22.6 Å². The third kappa shape index (κ3) is 3.09. The van der Waals surface area contributed by atoms with Crippen molar-refractivity contribution in [1.29, 1.82) is 0 Å². The van der Waals surface area contributed by atoms with E-state index in [-0.39, 0.29) is 0 Å². The van der Waals surface area contributed by atoms with Crippen molar-refractivity contribution in [3.8, 4) is 5.75 Å². The summed E-state index contributed by atoms with van der Waals surface area (Å²) in [6, 6.07) is 15.6. The highest BCUT2D eigenvalue weighted by molar-refractivity contribution is 14.1. The maximum atomic E-state index is 10.4. The molecule has 1 saturated carbocycles. The molecule has 0 bridgehead atoms.